The minimum Gasteiger partial charge on any atom is -0.466 e. The van der Waals surface area contributed by atoms with Crippen molar-refractivity contribution in [3.05, 3.63) is 63.3 Å². The van der Waals surface area contributed by atoms with Gasteiger partial charge in [-0.2, -0.15) is 0 Å². The molecule has 3 aromatic rings. The predicted octanol–water partition coefficient (Wildman–Crippen LogP) is 3.07. The molecule has 0 radical (unpaired) electrons. The number of carbonyl (C=O) groups is 1. The van der Waals surface area contributed by atoms with Crippen LogP contribution in [0.1, 0.15) is 35.7 Å². The van der Waals surface area contributed by atoms with E-state index in [2.05, 4.69) is 9.97 Å². The normalized spacial score (nSPS) is 17.0. The van der Waals surface area contributed by atoms with Crippen LogP contribution in [-0.4, -0.2) is 26.9 Å². The minimum atomic E-state index is -0.804. The molecule has 28 heavy (non-hydrogen) atoms. The van der Waals surface area contributed by atoms with Gasteiger partial charge in [-0.1, -0.05) is 0 Å². The van der Waals surface area contributed by atoms with Crippen molar-refractivity contribution in [2.45, 2.75) is 32.6 Å². The molecular formula is C20H17F2N3O3. The van der Waals surface area contributed by atoms with Crippen molar-refractivity contribution in [3.8, 4) is 11.3 Å². The van der Waals surface area contributed by atoms with Crippen LogP contribution in [0.15, 0.2) is 29.2 Å². The van der Waals surface area contributed by atoms with Gasteiger partial charge in [-0.15, -0.1) is 0 Å². The van der Waals surface area contributed by atoms with E-state index in [0.29, 0.717) is 23.4 Å². The van der Waals surface area contributed by atoms with Crippen LogP contribution in [-0.2, 0) is 9.53 Å². The minimum absolute atomic E-state index is 0.0364. The molecule has 4 rings (SSSR count). The number of halogens is 2. The van der Waals surface area contributed by atoms with Crippen LogP contribution >= 0.6 is 0 Å². The largest absolute Gasteiger partial charge is 0.466 e. The molecule has 1 aliphatic heterocycles. The van der Waals surface area contributed by atoms with Crippen molar-refractivity contribution in [2.75, 3.05) is 6.61 Å². The van der Waals surface area contributed by atoms with E-state index in [1.54, 1.807) is 20.0 Å². The van der Waals surface area contributed by atoms with Crippen molar-refractivity contribution in [2.24, 2.45) is 0 Å². The molecule has 0 saturated carbocycles. The first-order valence-corrected chi connectivity index (χ1v) is 8.86. The number of ether oxygens (including phenoxy) is 1. The fraction of sp³-hybridized carbons (Fsp3) is 0.300. The van der Waals surface area contributed by atoms with Crippen LogP contribution in [0.5, 0.6) is 0 Å². The number of benzene rings is 1. The summed E-state index contributed by atoms with van der Waals surface area (Å²) >= 11 is 0. The number of fused-ring (bicyclic) bond motifs is 1. The molecule has 0 N–H and O–H groups in total. The van der Waals surface area contributed by atoms with Gasteiger partial charge >= 0.3 is 5.97 Å². The second-order valence-corrected chi connectivity index (χ2v) is 6.87. The second-order valence-electron chi connectivity index (χ2n) is 6.87. The highest BCUT2D eigenvalue weighted by molar-refractivity contribution is 5.75. The van der Waals surface area contributed by atoms with E-state index in [1.165, 1.54) is 10.5 Å². The van der Waals surface area contributed by atoms with Crippen molar-refractivity contribution < 1.29 is 18.3 Å². The molecule has 0 bridgehead atoms. The molecule has 2 aromatic heterocycles. The number of hydrogen-bond acceptors (Lipinski definition) is 5. The third-order valence-corrected chi connectivity index (χ3v) is 5.05. The van der Waals surface area contributed by atoms with Gasteiger partial charge in [0.25, 0.3) is 5.56 Å². The first-order valence-electron chi connectivity index (χ1n) is 8.86. The van der Waals surface area contributed by atoms with Gasteiger partial charge in [-0.3, -0.25) is 14.0 Å². The fourth-order valence-electron chi connectivity index (χ4n) is 3.34. The van der Waals surface area contributed by atoms with Crippen molar-refractivity contribution in [1.29, 1.82) is 0 Å². The molecule has 144 valence electrons. The van der Waals surface area contributed by atoms with Crippen LogP contribution in [0.25, 0.3) is 16.9 Å². The Morgan fingerprint density at radius 2 is 1.96 bits per heavy atom. The molecule has 1 saturated heterocycles. The lowest BCUT2D eigenvalue weighted by molar-refractivity contribution is -0.147. The zero-order valence-electron chi connectivity index (χ0n) is 15.3. The summed E-state index contributed by atoms with van der Waals surface area (Å²) in [4.78, 5) is 33.5. The molecular weight excluding hydrogens is 368 g/mol. The van der Waals surface area contributed by atoms with Gasteiger partial charge in [0, 0.05) is 35.0 Å². The number of aromatic nitrogens is 3. The highest BCUT2D eigenvalue weighted by Crippen LogP contribution is 2.31. The molecule has 1 aliphatic rings. The zero-order valence-corrected chi connectivity index (χ0v) is 15.3. The average Bonchev–Trinajstić information content (AvgIpc) is 2.66. The first kappa shape index (κ1) is 18.2. The van der Waals surface area contributed by atoms with Crippen molar-refractivity contribution in [3.63, 3.8) is 0 Å². The van der Waals surface area contributed by atoms with E-state index in [0.717, 1.165) is 12.1 Å². The SMILES string of the molecule is Cc1nc2c(-c3ccc(F)cc3F)nc(C3CCOC(=O)C3)cn2c(=O)c1C. The molecule has 1 unspecified atom stereocenters. The van der Waals surface area contributed by atoms with Gasteiger partial charge in [0.15, 0.2) is 5.65 Å². The van der Waals surface area contributed by atoms with Gasteiger partial charge in [0.2, 0.25) is 0 Å². The van der Waals surface area contributed by atoms with E-state index in [1.807, 2.05) is 0 Å². The van der Waals surface area contributed by atoms with Gasteiger partial charge in [-0.05, 0) is 32.4 Å². The standard InChI is InChI=1S/C20H17F2N3O3/c1-10-11(2)23-19-18(14-4-3-13(21)8-15(14)22)24-16(9-25(19)20(10)27)12-5-6-28-17(26)7-12/h3-4,8-9,12H,5-7H2,1-2H3. The summed E-state index contributed by atoms with van der Waals surface area (Å²) in [6.45, 7) is 3.60. The molecule has 1 atom stereocenters. The lowest BCUT2D eigenvalue weighted by Gasteiger charge is -2.22. The number of esters is 1. The van der Waals surface area contributed by atoms with Gasteiger partial charge in [0.1, 0.15) is 17.3 Å². The Morgan fingerprint density at radius 1 is 1.18 bits per heavy atom. The van der Waals surface area contributed by atoms with E-state index in [4.69, 9.17) is 4.74 Å². The zero-order chi connectivity index (χ0) is 20.0. The molecule has 3 heterocycles. The molecule has 8 heteroatoms. The smallest absolute Gasteiger partial charge is 0.306 e. The third-order valence-electron chi connectivity index (χ3n) is 5.05. The number of nitrogens with zero attached hydrogens (tertiary/aromatic N) is 3. The Labute approximate surface area is 158 Å². The molecule has 0 spiro atoms. The summed E-state index contributed by atoms with van der Waals surface area (Å²) < 4.78 is 34.2. The van der Waals surface area contributed by atoms with Crippen LogP contribution in [0.4, 0.5) is 8.78 Å². The number of hydrogen-bond donors (Lipinski definition) is 0. The summed E-state index contributed by atoms with van der Waals surface area (Å²) in [5.74, 6) is -2.13. The van der Waals surface area contributed by atoms with Crippen molar-refractivity contribution >= 4 is 11.6 Å². The highest BCUT2D eigenvalue weighted by Gasteiger charge is 2.26. The Morgan fingerprint density at radius 3 is 2.68 bits per heavy atom. The van der Waals surface area contributed by atoms with E-state index < -0.39 is 11.6 Å². The topological polar surface area (TPSA) is 73.6 Å². The van der Waals surface area contributed by atoms with E-state index in [-0.39, 0.29) is 47.4 Å². The third kappa shape index (κ3) is 3.04. The summed E-state index contributed by atoms with van der Waals surface area (Å²) in [6, 6.07) is 3.16. The van der Waals surface area contributed by atoms with Gasteiger partial charge in [0.05, 0.1) is 18.7 Å². The monoisotopic (exact) mass is 385 g/mol. The Hall–Kier alpha value is -3.16. The van der Waals surface area contributed by atoms with Gasteiger partial charge < -0.3 is 4.74 Å². The number of carbonyl (C=O) groups excluding carboxylic acids is 1. The second kappa shape index (κ2) is 6.78. The number of aryl methyl sites for hydroxylation is 1. The van der Waals surface area contributed by atoms with Crippen molar-refractivity contribution in [1.82, 2.24) is 14.4 Å². The van der Waals surface area contributed by atoms with E-state index in [9.17, 15) is 18.4 Å². The maximum atomic E-state index is 14.5. The summed E-state index contributed by atoms with van der Waals surface area (Å²) in [7, 11) is 0. The maximum absolute atomic E-state index is 14.5. The van der Waals surface area contributed by atoms with Crippen LogP contribution in [0, 0.1) is 25.5 Å². The van der Waals surface area contributed by atoms with Crippen LogP contribution in [0.2, 0.25) is 0 Å². The summed E-state index contributed by atoms with van der Waals surface area (Å²) in [5, 5.41) is 0. The number of rotatable bonds is 2. The number of cyclic esters (lactones) is 1. The quantitative estimate of drug-likeness (QED) is 0.634. The lowest BCUT2D eigenvalue weighted by atomic mass is 9.96. The van der Waals surface area contributed by atoms with Gasteiger partial charge in [-0.25, -0.2) is 18.7 Å². The molecule has 1 aromatic carbocycles. The Bertz CT molecular complexity index is 1170. The predicted molar refractivity (Wildman–Crippen MR) is 97.0 cm³/mol. The van der Waals surface area contributed by atoms with E-state index >= 15 is 0 Å². The average molecular weight is 385 g/mol. The first-order chi connectivity index (χ1) is 13.3. The highest BCUT2D eigenvalue weighted by atomic mass is 19.1. The lowest BCUT2D eigenvalue weighted by Crippen LogP contribution is -2.24. The molecule has 0 aliphatic carbocycles. The Balaban J connectivity index is 2.03. The van der Waals surface area contributed by atoms with Crippen LogP contribution < -0.4 is 5.56 Å². The summed E-state index contributed by atoms with van der Waals surface area (Å²) in [5.41, 5.74) is 1.49. The fourth-order valence-corrected chi connectivity index (χ4v) is 3.34. The molecule has 0 amide bonds. The summed E-state index contributed by atoms with van der Waals surface area (Å²) in [6.07, 6.45) is 2.21. The molecule has 1 fully saturated rings. The Kier molecular flexibility index (Phi) is 4.41. The molecule has 6 nitrogen and oxygen atoms in total. The maximum Gasteiger partial charge on any atom is 0.306 e. The van der Waals surface area contributed by atoms with Crippen LogP contribution in [0.3, 0.4) is 0 Å².